The molecule has 0 radical (unpaired) electrons. The normalized spacial score (nSPS) is 10.6. The van der Waals surface area contributed by atoms with Gasteiger partial charge in [0.25, 0.3) is 0 Å². The van der Waals surface area contributed by atoms with E-state index in [1.165, 1.54) is 10.8 Å². The monoisotopic (exact) mass is 245 g/mol. The third-order valence-corrected chi connectivity index (χ3v) is 2.80. The highest BCUT2D eigenvalue weighted by atomic mass is 16.5. The first-order valence-corrected chi connectivity index (χ1v) is 6.01. The van der Waals surface area contributed by atoms with Crippen LogP contribution in [0.4, 0.5) is 11.5 Å². The number of methoxy groups -OCH3 is 1. The maximum absolute atomic E-state index is 5.02. The summed E-state index contributed by atoms with van der Waals surface area (Å²) in [5, 5.41) is 5.68. The molecule has 0 aliphatic rings. The molecule has 18 heavy (non-hydrogen) atoms. The number of aromatic nitrogens is 1. The molecule has 2 aromatic rings. The lowest BCUT2D eigenvalue weighted by Crippen LogP contribution is -2.11. The molecule has 0 amide bonds. The first kappa shape index (κ1) is 12.6. The second-order valence-corrected chi connectivity index (χ2v) is 4.38. The summed E-state index contributed by atoms with van der Waals surface area (Å²) >= 11 is 0. The Balaban J connectivity index is 2.29. The van der Waals surface area contributed by atoms with Gasteiger partial charge in [0.2, 0.25) is 0 Å². The van der Waals surface area contributed by atoms with Gasteiger partial charge in [-0.3, -0.25) is 0 Å². The van der Waals surface area contributed by atoms with Gasteiger partial charge in [-0.1, -0.05) is 0 Å². The fourth-order valence-corrected chi connectivity index (χ4v) is 1.93. The van der Waals surface area contributed by atoms with Crippen molar-refractivity contribution in [3.8, 4) is 0 Å². The number of fused-ring (bicyclic) bond motifs is 1. The molecule has 0 aliphatic carbocycles. The van der Waals surface area contributed by atoms with Crippen molar-refractivity contribution in [1.82, 2.24) is 4.98 Å². The molecule has 0 spiro atoms. The second-order valence-electron chi connectivity index (χ2n) is 4.38. The third kappa shape index (κ3) is 2.71. The van der Waals surface area contributed by atoms with Crippen LogP contribution in [0, 0.1) is 0 Å². The van der Waals surface area contributed by atoms with Gasteiger partial charge in [0.1, 0.15) is 5.82 Å². The van der Waals surface area contributed by atoms with Gasteiger partial charge < -0.3 is 15.0 Å². The Hall–Kier alpha value is -1.81. The molecule has 0 saturated heterocycles. The highest BCUT2D eigenvalue weighted by Crippen LogP contribution is 2.25. The molecule has 0 unspecified atom stereocenters. The predicted octanol–water partition coefficient (Wildman–Crippen LogP) is 2.36. The van der Waals surface area contributed by atoms with Crippen molar-refractivity contribution in [1.29, 1.82) is 0 Å². The van der Waals surface area contributed by atoms with Crippen molar-refractivity contribution in [3.63, 3.8) is 0 Å². The summed E-state index contributed by atoms with van der Waals surface area (Å²) in [7, 11) is 5.72. The average molecular weight is 245 g/mol. The molecule has 1 N–H and O–H groups in total. The van der Waals surface area contributed by atoms with Gasteiger partial charge in [-0.25, -0.2) is 4.98 Å². The van der Waals surface area contributed by atoms with Gasteiger partial charge in [-0.05, 0) is 29.7 Å². The van der Waals surface area contributed by atoms with Crippen molar-refractivity contribution in [3.05, 3.63) is 30.5 Å². The van der Waals surface area contributed by atoms with Crippen LogP contribution in [-0.4, -0.2) is 39.3 Å². The fourth-order valence-electron chi connectivity index (χ4n) is 1.93. The smallest absolute Gasteiger partial charge is 0.135 e. The predicted molar refractivity (Wildman–Crippen MR) is 76.4 cm³/mol. The minimum atomic E-state index is 0.706. The molecule has 0 fully saturated rings. The quantitative estimate of drug-likeness (QED) is 0.821. The second kappa shape index (κ2) is 5.69. The molecule has 0 aliphatic heterocycles. The molecule has 0 atom stereocenters. The van der Waals surface area contributed by atoms with E-state index in [0.717, 1.165) is 18.1 Å². The van der Waals surface area contributed by atoms with E-state index in [4.69, 9.17) is 4.74 Å². The molecular weight excluding hydrogens is 226 g/mol. The van der Waals surface area contributed by atoms with Crippen LogP contribution in [-0.2, 0) is 4.74 Å². The van der Waals surface area contributed by atoms with E-state index >= 15 is 0 Å². The summed E-state index contributed by atoms with van der Waals surface area (Å²) in [6, 6.07) is 8.35. The first-order valence-electron chi connectivity index (χ1n) is 6.01. The first-order chi connectivity index (χ1) is 8.72. The van der Waals surface area contributed by atoms with Gasteiger partial charge in [-0.2, -0.15) is 0 Å². The number of hydrogen-bond donors (Lipinski definition) is 1. The molecule has 4 nitrogen and oxygen atoms in total. The van der Waals surface area contributed by atoms with Gasteiger partial charge in [0, 0.05) is 45.0 Å². The fraction of sp³-hybridized carbons (Fsp3) is 0.357. The van der Waals surface area contributed by atoms with Crippen molar-refractivity contribution in [2.45, 2.75) is 0 Å². The van der Waals surface area contributed by atoms with Gasteiger partial charge in [-0.15, -0.1) is 0 Å². The maximum atomic E-state index is 5.02. The highest BCUT2D eigenvalue weighted by Gasteiger charge is 2.04. The minimum absolute atomic E-state index is 0.706. The molecule has 1 aromatic heterocycles. The molecule has 1 aromatic carbocycles. The molecule has 2 rings (SSSR count). The Morgan fingerprint density at radius 3 is 2.83 bits per heavy atom. The van der Waals surface area contributed by atoms with E-state index in [2.05, 4.69) is 28.5 Å². The Morgan fingerprint density at radius 2 is 2.11 bits per heavy atom. The van der Waals surface area contributed by atoms with E-state index < -0.39 is 0 Å². The number of nitrogens with zero attached hydrogens (tertiary/aromatic N) is 2. The number of benzene rings is 1. The molecule has 96 valence electrons. The summed E-state index contributed by atoms with van der Waals surface area (Å²) in [5.41, 5.74) is 1.11. The lowest BCUT2D eigenvalue weighted by Gasteiger charge is -2.14. The Bertz CT molecular complexity index is 525. The van der Waals surface area contributed by atoms with Gasteiger partial charge >= 0.3 is 0 Å². The van der Waals surface area contributed by atoms with Crippen LogP contribution in [0.3, 0.4) is 0 Å². The Labute approximate surface area is 108 Å². The zero-order chi connectivity index (χ0) is 13.0. The zero-order valence-electron chi connectivity index (χ0n) is 11.1. The SMILES string of the molecule is COCCNc1ccc2c(N(C)C)nccc2c1. The van der Waals surface area contributed by atoms with Crippen LogP contribution < -0.4 is 10.2 Å². The third-order valence-electron chi connectivity index (χ3n) is 2.80. The van der Waals surface area contributed by atoms with Gasteiger partial charge in [0.15, 0.2) is 0 Å². The number of nitrogens with one attached hydrogen (secondary N) is 1. The summed E-state index contributed by atoms with van der Waals surface area (Å²) < 4.78 is 5.02. The van der Waals surface area contributed by atoms with Crippen LogP contribution in [0.5, 0.6) is 0 Å². The Kier molecular flexibility index (Phi) is 3.99. The number of rotatable bonds is 5. The van der Waals surface area contributed by atoms with Crippen molar-refractivity contribution in [2.75, 3.05) is 44.6 Å². The topological polar surface area (TPSA) is 37.4 Å². The summed E-state index contributed by atoms with van der Waals surface area (Å²) in [6.07, 6.45) is 1.84. The number of hydrogen-bond acceptors (Lipinski definition) is 4. The van der Waals surface area contributed by atoms with Crippen molar-refractivity contribution >= 4 is 22.3 Å². The van der Waals surface area contributed by atoms with E-state index in [1.54, 1.807) is 7.11 Å². The molecule has 4 heteroatoms. The van der Waals surface area contributed by atoms with E-state index in [-0.39, 0.29) is 0 Å². The van der Waals surface area contributed by atoms with Gasteiger partial charge in [0.05, 0.1) is 6.61 Å². The van der Waals surface area contributed by atoms with Crippen LogP contribution >= 0.6 is 0 Å². The molecule has 0 bridgehead atoms. The van der Waals surface area contributed by atoms with Crippen LogP contribution in [0.25, 0.3) is 10.8 Å². The van der Waals surface area contributed by atoms with Crippen molar-refractivity contribution in [2.24, 2.45) is 0 Å². The average Bonchev–Trinajstić information content (AvgIpc) is 2.38. The number of pyridine rings is 1. The minimum Gasteiger partial charge on any atom is -0.383 e. The molecule has 0 saturated carbocycles. The van der Waals surface area contributed by atoms with Crippen LogP contribution in [0.2, 0.25) is 0 Å². The van der Waals surface area contributed by atoms with Crippen LogP contribution in [0.15, 0.2) is 30.5 Å². The van der Waals surface area contributed by atoms with Crippen LogP contribution in [0.1, 0.15) is 0 Å². The van der Waals surface area contributed by atoms with E-state index in [9.17, 15) is 0 Å². The maximum Gasteiger partial charge on any atom is 0.135 e. The largest absolute Gasteiger partial charge is 0.383 e. The van der Waals surface area contributed by atoms with Crippen molar-refractivity contribution < 1.29 is 4.74 Å². The number of anilines is 2. The van der Waals surface area contributed by atoms with E-state index in [1.807, 2.05) is 31.3 Å². The lowest BCUT2D eigenvalue weighted by atomic mass is 10.1. The highest BCUT2D eigenvalue weighted by molar-refractivity contribution is 5.94. The summed E-state index contributed by atoms with van der Waals surface area (Å²) in [6.45, 7) is 1.52. The molecule has 1 heterocycles. The van der Waals surface area contributed by atoms with E-state index in [0.29, 0.717) is 6.61 Å². The lowest BCUT2D eigenvalue weighted by molar-refractivity contribution is 0.211. The zero-order valence-corrected chi connectivity index (χ0v) is 11.1. The molecular formula is C14H19N3O. The standard InChI is InChI=1S/C14H19N3O/c1-17(2)14-13-5-4-12(15-8-9-18-3)10-11(13)6-7-16-14/h4-7,10,15H,8-9H2,1-3H3. The summed E-state index contributed by atoms with van der Waals surface area (Å²) in [4.78, 5) is 6.43. The number of ether oxygens (including phenoxy) is 1. The summed E-state index contributed by atoms with van der Waals surface area (Å²) in [5.74, 6) is 0.996. The Morgan fingerprint density at radius 1 is 1.28 bits per heavy atom.